The van der Waals surface area contributed by atoms with Gasteiger partial charge in [-0.25, -0.2) is 0 Å². The second-order valence-corrected chi connectivity index (χ2v) is 4.09. The van der Waals surface area contributed by atoms with Crippen LogP contribution in [0.2, 0.25) is 0 Å². The molecule has 2 bridgehead atoms. The molecule has 0 spiro atoms. The predicted octanol–water partition coefficient (Wildman–Crippen LogP) is 1.30. The maximum Gasteiger partial charge on any atom is 0.122 e. The second-order valence-electron chi connectivity index (χ2n) is 4.09. The van der Waals surface area contributed by atoms with Crippen molar-refractivity contribution in [2.24, 2.45) is 22.7 Å². The van der Waals surface area contributed by atoms with Gasteiger partial charge in [0, 0.05) is 5.92 Å². The van der Waals surface area contributed by atoms with Gasteiger partial charge in [0.05, 0.1) is 11.8 Å². The first-order chi connectivity index (χ1) is 6.18. The highest BCUT2D eigenvalue weighted by Gasteiger charge is 2.40. The number of hydrogen-bond acceptors (Lipinski definition) is 3. The van der Waals surface area contributed by atoms with E-state index in [1.807, 2.05) is 13.8 Å². The molecule has 3 unspecified atom stereocenters. The maximum absolute atomic E-state index is 5.99. The van der Waals surface area contributed by atoms with E-state index in [0.717, 1.165) is 12.1 Å². The van der Waals surface area contributed by atoms with Crippen molar-refractivity contribution in [3.05, 3.63) is 12.2 Å². The molecule has 0 aromatic heterocycles. The van der Waals surface area contributed by atoms with E-state index in [0.29, 0.717) is 11.8 Å². The van der Waals surface area contributed by atoms with Gasteiger partial charge in [-0.05, 0) is 26.2 Å². The van der Waals surface area contributed by atoms with Gasteiger partial charge >= 0.3 is 0 Å². The van der Waals surface area contributed by atoms with Crippen LogP contribution in [-0.2, 0) is 4.84 Å². The van der Waals surface area contributed by atoms with Crippen molar-refractivity contribution in [1.29, 1.82) is 0 Å². The molecule has 0 aromatic rings. The van der Waals surface area contributed by atoms with Crippen LogP contribution in [0.4, 0.5) is 0 Å². The Morgan fingerprint density at radius 1 is 1.54 bits per heavy atom. The fourth-order valence-corrected chi connectivity index (χ4v) is 1.97. The summed E-state index contributed by atoms with van der Waals surface area (Å²) in [6.07, 6.45) is 5.66. The van der Waals surface area contributed by atoms with Gasteiger partial charge in [0.15, 0.2) is 0 Å². The van der Waals surface area contributed by atoms with Gasteiger partial charge in [0.25, 0.3) is 0 Å². The van der Waals surface area contributed by atoms with E-state index in [-0.39, 0.29) is 12.1 Å². The lowest BCUT2D eigenvalue weighted by Gasteiger charge is -2.15. The van der Waals surface area contributed by atoms with E-state index in [4.69, 9.17) is 10.6 Å². The fourth-order valence-electron chi connectivity index (χ4n) is 1.97. The van der Waals surface area contributed by atoms with Crippen LogP contribution in [0.15, 0.2) is 17.3 Å². The van der Waals surface area contributed by atoms with Crippen molar-refractivity contribution in [1.82, 2.24) is 0 Å². The Kier molecular flexibility index (Phi) is 2.12. The zero-order chi connectivity index (χ0) is 9.42. The maximum atomic E-state index is 5.99. The largest absolute Gasteiger partial charge is 0.393 e. The van der Waals surface area contributed by atoms with E-state index < -0.39 is 0 Å². The summed E-state index contributed by atoms with van der Waals surface area (Å²) in [5.41, 5.74) is 7.02. The molecule has 2 N–H and O–H groups in total. The van der Waals surface area contributed by atoms with Gasteiger partial charge in [-0.3, -0.25) is 0 Å². The molecule has 0 saturated heterocycles. The zero-order valence-corrected chi connectivity index (χ0v) is 8.10. The average Bonchev–Trinajstić information content (AvgIpc) is 2.61. The highest BCUT2D eigenvalue weighted by molar-refractivity contribution is 5.96. The molecule has 3 atom stereocenters. The summed E-state index contributed by atoms with van der Waals surface area (Å²) in [5.74, 6) is 0.943. The number of hydrogen-bond donors (Lipinski definition) is 1. The highest BCUT2D eigenvalue weighted by atomic mass is 16.6. The van der Waals surface area contributed by atoms with Crippen LogP contribution < -0.4 is 5.73 Å². The molecule has 0 aliphatic heterocycles. The number of nitrogens with two attached hydrogens (primary N) is 1. The minimum Gasteiger partial charge on any atom is -0.393 e. The lowest BCUT2D eigenvalue weighted by molar-refractivity contribution is 0.0845. The Morgan fingerprint density at radius 3 is 2.85 bits per heavy atom. The SMILES string of the molecule is CC(C)O/N=C1/C2C=CC(C2)C1N. The van der Waals surface area contributed by atoms with Crippen LogP contribution in [0.5, 0.6) is 0 Å². The van der Waals surface area contributed by atoms with Crippen LogP contribution in [0.1, 0.15) is 20.3 Å². The summed E-state index contributed by atoms with van der Waals surface area (Å²) in [5, 5.41) is 4.13. The summed E-state index contributed by atoms with van der Waals surface area (Å²) in [7, 11) is 0. The van der Waals surface area contributed by atoms with Crippen LogP contribution in [-0.4, -0.2) is 17.9 Å². The molecule has 3 nitrogen and oxygen atoms in total. The van der Waals surface area contributed by atoms with Crippen LogP contribution >= 0.6 is 0 Å². The second kappa shape index (κ2) is 3.14. The third kappa shape index (κ3) is 1.48. The van der Waals surface area contributed by atoms with E-state index >= 15 is 0 Å². The Morgan fingerprint density at radius 2 is 2.31 bits per heavy atom. The third-order valence-corrected chi connectivity index (χ3v) is 2.67. The standard InChI is InChI=1S/C10H16N2O/c1-6(2)13-12-10-8-4-3-7(5-8)9(10)11/h3-4,6-9H,5,11H2,1-2H3/b12-10-. The van der Waals surface area contributed by atoms with Gasteiger partial charge in [-0.2, -0.15) is 0 Å². The Labute approximate surface area is 78.6 Å². The molecule has 0 heterocycles. The monoisotopic (exact) mass is 180 g/mol. The predicted molar refractivity (Wildman–Crippen MR) is 52.4 cm³/mol. The number of nitrogens with zero attached hydrogens (tertiary/aromatic N) is 1. The van der Waals surface area contributed by atoms with E-state index in [9.17, 15) is 0 Å². The minimum atomic E-state index is 0.0914. The summed E-state index contributed by atoms with van der Waals surface area (Å²) >= 11 is 0. The van der Waals surface area contributed by atoms with E-state index in [2.05, 4.69) is 17.3 Å². The molecule has 72 valence electrons. The molecule has 2 rings (SSSR count). The van der Waals surface area contributed by atoms with Gasteiger partial charge < -0.3 is 10.6 Å². The first-order valence-electron chi connectivity index (χ1n) is 4.86. The molecule has 0 amide bonds. The Balaban J connectivity index is 2.08. The first-order valence-corrected chi connectivity index (χ1v) is 4.86. The van der Waals surface area contributed by atoms with Crippen molar-refractivity contribution < 1.29 is 4.84 Å². The summed E-state index contributed by atoms with van der Waals surface area (Å²) in [6.45, 7) is 3.94. The lowest BCUT2D eigenvalue weighted by atomic mass is 10.0. The molecule has 2 aliphatic rings. The van der Waals surface area contributed by atoms with Gasteiger partial charge in [-0.1, -0.05) is 17.3 Å². The van der Waals surface area contributed by atoms with Gasteiger partial charge in [0.1, 0.15) is 6.10 Å². The van der Waals surface area contributed by atoms with Crippen LogP contribution in [0, 0.1) is 11.8 Å². The average molecular weight is 180 g/mol. The quantitative estimate of drug-likeness (QED) is 0.514. The summed E-state index contributed by atoms with van der Waals surface area (Å²) in [4.78, 5) is 5.22. The Bertz CT molecular complexity index is 258. The number of rotatable bonds is 2. The van der Waals surface area contributed by atoms with Crippen LogP contribution in [0.3, 0.4) is 0 Å². The number of allylic oxidation sites excluding steroid dienone is 1. The minimum absolute atomic E-state index is 0.0914. The van der Waals surface area contributed by atoms with Crippen molar-refractivity contribution >= 4 is 5.71 Å². The van der Waals surface area contributed by atoms with E-state index in [1.165, 1.54) is 0 Å². The van der Waals surface area contributed by atoms with Crippen molar-refractivity contribution in [3.63, 3.8) is 0 Å². The topological polar surface area (TPSA) is 47.6 Å². The number of fused-ring (bicyclic) bond motifs is 2. The third-order valence-electron chi connectivity index (χ3n) is 2.67. The van der Waals surface area contributed by atoms with Crippen molar-refractivity contribution in [2.75, 3.05) is 0 Å². The van der Waals surface area contributed by atoms with Crippen LogP contribution in [0.25, 0.3) is 0 Å². The van der Waals surface area contributed by atoms with Gasteiger partial charge in [0.2, 0.25) is 0 Å². The summed E-state index contributed by atoms with van der Waals surface area (Å²) in [6, 6.07) is 0.0914. The zero-order valence-electron chi connectivity index (χ0n) is 8.10. The first kappa shape index (κ1) is 8.75. The normalized spacial score (nSPS) is 39.4. The van der Waals surface area contributed by atoms with E-state index in [1.54, 1.807) is 0 Å². The molecule has 1 fully saturated rings. The lowest BCUT2D eigenvalue weighted by Crippen LogP contribution is -2.34. The smallest absolute Gasteiger partial charge is 0.122 e. The van der Waals surface area contributed by atoms with Crippen molar-refractivity contribution in [2.45, 2.75) is 32.4 Å². The molecular formula is C10H16N2O. The molecule has 3 heteroatoms. The fraction of sp³-hybridized carbons (Fsp3) is 0.700. The van der Waals surface area contributed by atoms with Gasteiger partial charge in [-0.15, -0.1) is 0 Å². The number of oxime groups is 1. The Hall–Kier alpha value is -0.830. The molecule has 0 aromatic carbocycles. The molecule has 2 aliphatic carbocycles. The molecular weight excluding hydrogens is 164 g/mol. The molecule has 13 heavy (non-hydrogen) atoms. The molecule has 1 saturated carbocycles. The molecule has 0 radical (unpaired) electrons. The highest BCUT2D eigenvalue weighted by Crippen LogP contribution is 2.36. The summed E-state index contributed by atoms with van der Waals surface area (Å²) < 4.78 is 0. The van der Waals surface area contributed by atoms with Crippen molar-refractivity contribution in [3.8, 4) is 0 Å².